The summed E-state index contributed by atoms with van der Waals surface area (Å²) in [5, 5.41) is 8.64. The predicted molar refractivity (Wildman–Crippen MR) is 41.3 cm³/mol. The Kier molecular flexibility index (Phi) is 3.79. The number of rotatable bonds is 4. The number of ketones is 1. The SMILES string of the molecule is CC(=O)C[C@H](C(=O)O)C(C)C. The van der Waals surface area contributed by atoms with E-state index in [-0.39, 0.29) is 18.1 Å². The van der Waals surface area contributed by atoms with Crippen LogP contribution in [0.4, 0.5) is 0 Å². The number of carbonyl (C=O) groups is 2. The summed E-state index contributed by atoms with van der Waals surface area (Å²) in [5.74, 6) is -1.44. The van der Waals surface area contributed by atoms with E-state index in [4.69, 9.17) is 5.11 Å². The second-order valence-electron chi connectivity index (χ2n) is 3.09. The first-order valence-electron chi connectivity index (χ1n) is 3.67. The van der Waals surface area contributed by atoms with Crippen molar-refractivity contribution in [2.75, 3.05) is 0 Å². The summed E-state index contributed by atoms with van der Waals surface area (Å²) in [6.45, 7) is 5.03. The minimum atomic E-state index is -0.879. The van der Waals surface area contributed by atoms with E-state index in [2.05, 4.69) is 0 Å². The number of aliphatic carboxylic acids is 1. The monoisotopic (exact) mass is 158 g/mol. The van der Waals surface area contributed by atoms with E-state index in [9.17, 15) is 9.59 Å². The molecule has 0 heterocycles. The molecule has 0 unspecified atom stereocenters. The molecule has 0 aromatic carbocycles. The van der Waals surface area contributed by atoms with Crippen LogP contribution in [0.2, 0.25) is 0 Å². The molecule has 0 aliphatic rings. The number of hydrogen-bond acceptors (Lipinski definition) is 2. The third kappa shape index (κ3) is 3.75. The van der Waals surface area contributed by atoms with Gasteiger partial charge in [0.15, 0.2) is 0 Å². The van der Waals surface area contributed by atoms with Gasteiger partial charge in [0.05, 0.1) is 5.92 Å². The molecule has 3 nitrogen and oxygen atoms in total. The van der Waals surface area contributed by atoms with E-state index in [0.29, 0.717) is 0 Å². The molecule has 0 aliphatic carbocycles. The van der Waals surface area contributed by atoms with Crippen LogP contribution in [-0.2, 0) is 9.59 Å². The highest BCUT2D eigenvalue weighted by Gasteiger charge is 2.22. The third-order valence-electron chi connectivity index (χ3n) is 1.63. The Morgan fingerprint density at radius 1 is 1.36 bits per heavy atom. The maximum Gasteiger partial charge on any atom is 0.307 e. The largest absolute Gasteiger partial charge is 0.481 e. The molecule has 0 amide bonds. The van der Waals surface area contributed by atoms with E-state index >= 15 is 0 Å². The van der Waals surface area contributed by atoms with Gasteiger partial charge in [-0.2, -0.15) is 0 Å². The molecule has 1 atom stereocenters. The summed E-state index contributed by atoms with van der Waals surface area (Å²) < 4.78 is 0. The van der Waals surface area contributed by atoms with Crippen LogP contribution in [0, 0.1) is 11.8 Å². The number of carboxylic acids is 1. The molecular weight excluding hydrogens is 144 g/mol. The molecule has 0 aromatic heterocycles. The highest BCUT2D eigenvalue weighted by atomic mass is 16.4. The Morgan fingerprint density at radius 3 is 1.91 bits per heavy atom. The molecule has 0 saturated heterocycles. The quantitative estimate of drug-likeness (QED) is 0.671. The van der Waals surface area contributed by atoms with Crippen LogP contribution in [0.3, 0.4) is 0 Å². The summed E-state index contributed by atoms with van der Waals surface area (Å²) >= 11 is 0. The lowest BCUT2D eigenvalue weighted by atomic mass is 9.91. The van der Waals surface area contributed by atoms with Crippen LogP contribution < -0.4 is 0 Å². The number of Topliss-reactive ketones (excluding diaryl/α,β-unsaturated/α-hetero) is 1. The van der Waals surface area contributed by atoms with E-state index in [0.717, 1.165) is 0 Å². The first kappa shape index (κ1) is 10.1. The van der Waals surface area contributed by atoms with Crippen molar-refractivity contribution in [1.29, 1.82) is 0 Å². The van der Waals surface area contributed by atoms with Gasteiger partial charge in [-0.3, -0.25) is 4.79 Å². The summed E-state index contributed by atoms with van der Waals surface area (Å²) in [7, 11) is 0. The second kappa shape index (κ2) is 4.11. The summed E-state index contributed by atoms with van der Waals surface area (Å²) in [6.07, 6.45) is 0.146. The predicted octanol–water partition coefficient (Wildman–Crippen LogP) is 1.32. The molecule has 0 radical (unpaired) electrons. The van der Waals surface area contributed by atoms with Gasteiger partial charge in [-0.05, 0) is 12.8 Å². The molecule has 0 aliphatic heterocycles. The Labute approximate surface area is 66.4 Å². The Hall–Kier alpha value is -0.860. The molecule has 0 spiro atoms. The van der Waals surface area contributed by atoms with E-state index in [1.807, 2.05) is 13.8 Å². The molecule has 0 aromatic rings. The average molecular weight is 158 g/mol. The fraction of sp³-hybridized carbons (Fsp3) is 0.750. The van der Waals surface area contributed by atoms with E-state index in [1.165, 1.54) is 6.92 Å². The van der Waals surface area contributed by atoms with Crippen molar-refractivity contribution in [2.45, 2.75) is 27.2 Å². The Balaban J connectivity index is 4.12. The fourth-order valence-electron chi connectivity index (χ4n) is 0.918. The van der Waals surface area contributed by atoms with Gasteiger partial charge in [-0.1, -0.05) is 13.8 Å². The van der Waals surface area contributed by atoms with Crippen LogP contribution in [0.1, 0.15) is 27.2 Å². The van der Waals surface area contributed by atoms with Crippen LogP contribution in [0.15, 0.2) is 0 Å². The van der Waals surface area contributed by atoms with Gasteiger partial charge >= 0.3 is 5.97 Å². The Morgan fingerprint density at radius 2 is 1.82 bits per heavy atom. The standard InChI is InChI=1S/C8H14O3/c1-5(2)7(8(10)11)4-6(3)9/h5,7H,4H2,1-3H3,(H,10,11)/t7-/m0/s1. The molecule has 64 valence electrons. The van der Waals surface area contributed by atoms with Gasteiger partial charge in [-0.15, -0.1) is 0 Å². The first-order valence-corrected chi connectivity index (χ1v) is 3.67. The van der Waals surface area contributed by atoms with Crippen LogP contribution in [0.25, 0.3) is 0 Å². The molecule has 11 heavy (non-hydrogen) atoms. The lowest BCUT2D eigenvalue weighted by molar-refractivity contribution is -0.145. The van der Waals surface area contributed by atoms with Crippen molar-refractivity contribution in [1.82, 2.24) is 0 Å². The highest BCUT2D eigenvalue weighted by Crippen LogP contribution is 2.15. The summed E-state index contributed by atoms with van der Waals surface area (Å²) in [4.78, 5) is 21.1. The zero-order valence-electron chi connectivity index (χ0n) is 7.13. The van der Waals surface area contributed by atoms with E-state index < -0.39 is 11.9 Å². The fourth-order valence-corrected chi connectivity index (χ4v) is 0.918. The lowest BCUT2D eigenvalue weighted by Crippen LogP contribution is -2.21. The van der Waals surface area contributed by atoms with Crippen LogP contribution >= 0.6 is 0 Å². The first-order chi connectivity index (χ1) is 4.95. The van der Waals surface area contributed by atoms with Crippen LogP contribution in [-0.4, -0.2) is 16.9 Å². The lowest BCUT2D eigenvalue weighted by Gasteiger charge is -2.13. The van der Waals surface area contributed by atoms with Crippen molar-refractivity contribution in [3.63, 3.8) is 0 Å². The summed E-state index contributed by atoms with van der Waals surface area (Å²) in [6, 6.07) is 0. The van der Waals surface area contributed by atoms with Gasteiger partial charge in [0.25, 0.3) is 0 Å². The maximum absolute atomic E-state index is 10.6. The topological polar surface area (TPSA) is 54.4 Å². The molecule has 0 fully saturated rings. The third-order valence-corrected chi connectivity index (χ3v) is 1.63. The van der Waals surface area contributed by atoms with Crippen molar-refractivity contribution in [2.24, 2.45) is 11.8 Å². The molecule has 0 saturated carbocycles. The number of hydrogen-bond donors (Lipinski definition) is 1. The van der Waals surface area contributed by atoms with Crippen molar-refractivity contribution >= 4 is 11.8 Å². The average Bonchev–Trinajstić information content (AvgIpc) is 1.81. The Bertz CT molecular complexity index is 161. The smallest absolute Gasteiger partial charge is 0.307 e. The molecular formula is C8H14O3. The molecule has 0 rings (SSSR count). The molecule has 1 N–H and O–H groups in total. The van der Waals surface area contributed by atoms with Crippen LogP contribution in [0.5, 0.6) is 0 Å². The van der Waals surface area contributed by atoms with Crippen molar-refractivity contribution in [3.05, 3.63) is 0 Å². The van der Waals surface area contributed by atoms with Crippen molar-refractivity contribution < 1.29 is 14.7 Å². The zero-order chi connectivity index (χ0) is 9.02. The number of carbonyl (C=O) groups excluding carboxylic acids is 1. The van der Waals surface area contributed by atoms with E-state index in [1.54, 1.807) is 0 Å². The molecule has 0 bridgehead atoms. The normalized spacial score (nSPS) is 13.1. The minimum absolute atomic E-state index is 0.0244. The van der Waals surface area contributed by atoms with Gasteiger partial charge in [0, 0.05) is 6.42 Å². The highest BCUT2D eigenvalue weighted by molar-refractivity contribution is 5.82. The molecule has 3 heteroatoms. The zero-order valence-corrected chi connectivity index (χ0v) is 7.13. The number of carboxylic acid groups (broad SMARTS) is 1. The van der Waals surface area contributed by atoms with Gasteiger partial charge in [-0.25, -0.2) is 0 Å². The summed E-state index contributed by atoms with van der Waals surface area (Å²) in [5.41, 5.74) is 0. The van der Waals surface area contributed by atoms with Gasteiger partial charge in [0.1, 0.15) is 5.78 Å². The maximum atomic E-state index is 10.6. The van der Waals surface area contributed by atoms with Gasteiger partial charge < -0.3 is 9.90 Å². The van der Waals surface area contributed by atoms with Gasteiger partial charge in [0.2, 0.25) is 0 Å². The van der Waals surface area contributed by atoms with Crippen molar-refractivity contribution in [3.8, 4) is 0 Å². The second-order valence-corrected chi connectivity index (χ2v) is 3.09. The minimum Gasteiger partial charge on any atom is -0.481 e.